The molecule has 0 saturated carbocycles. The van der Waals surface area contributed by atoms with Gasteiger partial charge in [-0.1, -0.05) is 23.4 Å². The zero-order chi connectivity index (χ0) is 18.1. The lowest BCUT2D eigenvalue weighted by Gasteiger charge is -2.18. The van der Waals surface area contributed by atoms with Crippen LogP contribution in [0.1, 0.15) is 0 Å². The summed E-state index contributed by atoms with van der Waals surface area (Å²) >= 11 is 5.83. The van der Waals surface area contributed by atoms with Gasteiger partial charge in [0, 0.05) is 10.7 Å². The van der Waals surface area contributed by atoms with Crippen molar-refractivity contribution in [1.82, 2.24) is 0 Å². The second kappa shape index (κ2) is 8.25. The minimum absolute atomic E-state index is 0.292. The smallest absolute Gasteiger partial charge is 0.136 e. The molecule has 3 rings (SSSR count). The Balaban J connectivity index is 2.21. The van der Waals surface area contributed by atoms with Crippen molar-refractivity contribution in [2.75, 3.05) is 0 Å². The first kappa shape index (κ1) is 19.6. The molecule has 0 fully saturated rings. The summed E-state index contributed by atoms with van der Waals surface area (Å²) in [5.41, 5.74) is 0. The Labute approximate surface area is 186 Å². The SMILES string of the molecule is Fc1cc([SiH](c2ccc(I)c(F)c2)c2ccc(F)c(I)c2)ccc1I. The molecular weight excluding hydrogens is 682 g/mol. The summed E-state index contributed by atoms with van der Waals surface area (Å²) < 4.78 is 43.5. The molecule has 0 aliphatic heterocycles. The van der Waals surface area contributed by atoms with Gasteiger partial charge < -0.3 is 0 Å². The molecular formula is C18H10F3I3Si. The van der Waals surface area contributed by atoms with Gasteiger partial charge in [0.2, 0.25) is 0 Å². The van der Waals surface area contributed by atoms with Gasteiger partial charge >= 0.3 is 0 Å². The van der Waals surface area contributed by atoms with Gasteiger partial charge in [0.05, 0.1) is 0 Å². The van der Waals surface area contributed by atoms with E-state index in [0.717, 1.165) is 15.6 Å². The van der Waals surface area contributed by atoms with Crippen molar-refractivity contribution in [3.05, 3.63) is 82.8 Å². The Hall–Kier alpha value is -0.143. The summed E-state index contributed by atoms with van der Waals surface area (Å²) in [5.74, 6) is -0.878. The molecule has 0 aromatic heterocycles. The Morgan fingerprint density at radius 3 is 1.40 bits per heavy atom. The van der Waals surface area contributed by atoms with Crippen molar-refractivity contribution in [3.8, 4) is 0 Å². The van der Waals surface area contributed by atoms with Crippen LogP contribution in [0.5, 0.6) is 0 Å². The summed E-state index contributed by atoms with van der Waals surface area (Å²) in [4.78, 5) is 0. The maximum atomic E-state index is 14.1. The summed E-state index contributed by atoms with van der Waals surface area (Å²) in [6, 6.07) is 15.2. The maximum absolute atomic E-state index is 14.1. The van der Waals surface area contributed by atoms with Crippen LogP contribution in [-0.4, -0.2) is 8.80 Å². The Kier molecular flexibility index (Phi) is 6.48. The monoisotopic (exact) mass is 692 g/mol. The molecule has 0 unspecified atom stereocenters. The van der Waals surface area contributed by atoms with Crippen LogP contribution >= 0.6 is 67.8 Å². The summed E-state index contributed by atoms with van der Waals surface area (Å²) in [5, 5.41) is 2.59. The molecule has 0 aliphatic rings. The third kappa shape index (κ3) is 4.41. The van der Waals surface area contributed by atoms with E-state index in [4.69, 9.17) is 0 Å². The highest BCUT2D eigenvalue weighted by atomic mass is 127. The van der Waals surface area contributed by atoms with Crippen molar-refractivity contribution >= 4 is 92.1 Å². The van der Waals surface area contributed by atoms with Crippen molar-refractivity contribution in [2.24, 2.45) is 0 Å². The fourth-order valence-electron chi connectivity index (χ4n) is 2.65. The van der Waals surface area contributed by atoms with E-state index in [9.17, 15) is 13.2 Å². The van der Waals surface area contributed by atoms with E-state index in [1.165, 1.54) is 18.2 Å². The van der Waals surface area contributed by atoms with E-state index in [-0.39, 0.29) is 17.5 Å². The molecule has 0 radical (unpaired) electrons. The first-order chi connectivity index (χ1) is 11.9. The lowest BCUT2D eigenvalue weighted by Crippen LogP contribution is -2.52. The topological polar surface area (TPSA) is 0 Å². The van der Waals surface area contributed by atoms with E-state index in [0.29, 0.717) is 10.7 Å². The van der Waals surface area contributed by atoms with Crippen LogP contribution in [0.4, 0.5) is 13.2 Å². The summed E-state index contributed by atoms with van der Waals surface area (Å²) in [6.45, 7) is 0. The molecule has 0 bridgehead atoms. The van der Waals surface area contributed by atoms with Crippen LogP contribution in [0, 0.1) is 28.2 Å². The van der Waals surface area contributed by atoms with Crippen LogP contribution in [0.15, 0.2) is 54.6 Å². The molecule has 0 spiro atoms. The van der Waals surface area contributed by atoms with Gasteiger partial charge in [-0.25, -0.2) is 13.2 Å². The van der Waals surface area contributed by atoms with Gasteiger partial charge in [-0.15, -0.1) is 0 Å². The molecule has 0 saturated heterocycles. The van der Waals surface area contributed by atoms with Crippen molar-refractivity contribution in [2.45, 2.75) is 0 Å². The van der Waals surface area contributed by atoms with E-state index >= 15 is 0 Å². The second-order valence-corrected chi connectivity index (χ2v) is 11.8. The fourth-order valence-corrected chi connectivity index (χ4v) is 7.18. The number of rotatable bonds is 3. The number of benzene rings is 3. The zero-order valence-corrected chi connectivity index (χ0v) is 20.2. The average Bonchev–Trinajstić information content (AvgIpc) is 2.57. The van der Waals surface area contributed by atoms with E-state index in [1.807, 2.05) is 79.9 Å². The maximum Gasteiger partial charge on any atom is 0.136 e. The van der Waals surface area contributed by atoms with Gasteiger partial charge in [0.1, 0.15) is 26.2 Å². The summed E-state index contributed by atoms with van der Waals surface area (Å²) in [6.07, 6.45) is 0. The van der Waals surface area contributed by atoms with Crippen LogP contribution in [-0.2, 0) is 0 Å². The molecule has 25 heavy (non-hydrogen) atoms. The van der Waals surface area contributed by atoms with E-state index in [2.05, 4.69) is 0 Å². The van der Waals surface area contributed by atoms with Crippen molar-refractivity contribution in [1.29, 1.82) is 0 Å². The highest BCUT2D eigenvalue weighted by Crippen LogP contribution is 2.13. The molecule has 0 aliphatic carbocycles. The first-order valence-corrected chi connectivity index (χ1v) is 12.2. The van der Waals surface area contributed by atoms with Crippen LogP contribution in [0.3, 0.4) is 0 Å². The lowest BCUT2D eigenvalue weighted by molar-refractivity contribution is 0.620. The number of halogens is 6. The zero-order valence-electron chi connectivity index (χ0n) is 12.5. The standard InChI is InChI=1S/C18H10F3I3Si/c19-13-4-1-12(9-18(13)24)25(10-2-5-16(22)14(20)7-10)11-3-6-17(23)15(21)8-11/h1-9,25H. The molecule has 0 nitrogen and oxygen atoms in total. The normalized spacial score (nSPS) is 11.2. The highest BCUT2D eigenvalue weighted by Gasteiger charge is 2.22. The minimum atomic E-state index is -2.11. The fraction of sp³-hybridized carbons (Fsp3) is 0. The second-order valence-electron chi connectivity index (χ2n) is 5.45. The van der Waals surface area contributed by atoms with Gasteiger partial charge in [-0.05, 0) is 115 Å². The molecule has 128 valence electrons. The molecule has 0 atom stereocenters. The van der Waals surface area contributed by atoms with Crippen LogP contribution in [0.25, 0.3) is 0 Å². The van der Waals surface area contributed by atoms with E-state index in [1.54, 1.807) is 24.3 Å². The molecule has 3 aromatic rings. The summed E-state index contributed by atoms with van der Waals surface area (Å²) in [7, 11) is -2.11. The lowest BCUT2D eigenvalue weighted by atomic mass is 10.3. The Bertz CT molecular complexity index is 824. The van der Waals surface area contributed by atoms with Crippen molar-refractivity contribution in [3.63, 3.8) is 0 Å². The Morgan fingerprint density at radius 1 is 0.520 bits per heavy atom. The number of hydrogen-bond donors (Lipinski definition) is 0. The van der Waals surface area contributed by atoms with Gasteiger partial charge in [-0.2, -0.15) is 0 Å². The van der Waals surface area contributed by atoms with Gasteiger partial charge in [0.25, 0.3) is 0 Å². The number of hydrogen-bond acceptors (Lipinski definition) is 0. The van der Waals surface area contributed by atoms with Crippen molar-refractivity contribution < 1.29 is 13.2 Å². The van der Waals surface area contributed by atoms with Crippen LogP contribution in [0.2, 0.25) is 0 Å². The van der Waals surface area contributed by atoms with Gasteiger partial charge in [0.15, 0.2) is 0 Å². The Morgan fingerprint density at radius 2 is 0.960 bits per heavy atom. The predicted octanol–water partition coefficient (Wildman–Crippen LogP) is 4.17. The quantitative estimate of drug-likeness (QED) is 0.220. The predicted molar refractivity (Wildman–Crippen MR) is 123 cm³/mol. The minimum Gasteiger partial charge on any atom is -0.206 e. The third-order valence-electron chi connectivity index (χ3n) is 3.83. The van der Waals surface area contributed by atoms with Crippen LogP contribution < -0.4 is 15.6 Å². The molecule has 0 heterocycles. The van der Waals surface area contributed by atoms with E-state index < -0.39 is 8.80 Å². The molecule has 7 heteroatoms. The molecule has 0 N–H and O–H groups in total. The third-order valence-corrected chi connectivity index (χ3v) is 9.48. The highest BCUT2D eigenvalue weighted by molar-refractivity contribution is 14.1. The molecule has 3 aromatic carbocycles. The first-order valence-electron chi connectivity index (χ1n) is 7.21. The average molecular weight is 692 g/mol. The largest absolute Gasteiger partial charge is 0.206 e. The van der Waals surface area contributed by atoms with Gasteiger partial charge in [-0.3, -0.25) is 0 Å². The molecule has 0 amide bonds.